The van der Waals surface area contributed by atoms with Crippen molar-refractivity contribution in [2.45, 2.75) is 8.48 Å². The second-order valence-corrected chi connectivity index (χ2v) is 9.18. The predicted molar refractivity (Wildman–Crippen MR) is 104 cm³/mol. The molecule has 0 aliphatic carbocycles. The monoisotopic (exact) mass is 472 g/mol. The number of para-hydroxylation sites is 1. The maximum absolute atomic E-state index is 12.5. The molecular formula is C16H11Br2ClN2OS. The molecule has 1 aliphatic heterocycles. The maximum Gasteiger partial charge on any atom is 0.255 e. The summed E-state index contributed by atoms with van der Waals surface area (Å²) in [5, 5.41) is 3.87. The minimum absolute atomic E-state index is 0.154. The van der Waals surface area contributed by atoms with Crippen molar-refractivity contribution >= 4 is 72.0 Å². The second kappa shape index (κ2) is 6.97. The Morgan fingerprint density at radius 3 is 2.48 bits per heavy atom. The van der Waals surface area contributed by atoms with Crippen LogP contribution in [0.15, 0.2) is 59.6 Å². The minimum Gasteiger partial charge on any atom is -0.303 e. The van der Waals surface area contributed by atoms with Crippen LogP contribution in [0.2, 0.25) is 5.02 Å². The number of nitrogens with zero attached hydrogens (tertiary/aromatic N) is 1. The van der Waals surface area contributed by atoms with E-state index in [4.69, 9.17) is 11.6 Å². The van der Waals surface area contributed by atoms with Gasteiger partial charge in [0.25, 0.3) is 5.91 Å². The Morgan fingerprint density at radius 2 is 1.78 bits per heavy atom. The van der Waals surface area contributed by atoms with Crippen LogP contribution in [0, 0.1) is 0 Å². The number of benzene rings is 2. The van der Waals surface area contributed by atoms with Crippen molar-refractivity contribution in [3.05, 3.63) is 65.2 Å². The molecule has 1 fully saturated rings. The molecule has 3 nitrogen and oxygen atoms in total. The molecule has 0 unspecified atom stereocenters. The van der Waals surface area contributed by atoms with Crippen LogP contribution in [-0.2, 0) is 4.79 Å². The van der Waals surface area contributed by atoms with E-state index in [1.165, 1.54) is 11.8 Å². The molecule has 2 aromatic carbocycles. The number of carbonyl (C=O) groups is 1. The molecule has 7 heteroatoms. The average molecular weight is 475 g/mol. The lowest BCUT2D eigenvalue weighted by atomic mass is 10.1. The van der Waals surface area contributed by atoms with Crippen LogP contribution in [0.1, 0.15) is 10.4 Å². The van der Waals surface area contributed by atoms with Gasteiger partial charge < -0.3 is 5.32 Å². The molecule has 0 saturated carbocycles. The van der Waals surface area contributed by atoms with Gasteiger partial charge in [-0.2, -0.15) is 0 Å². The van der Waals surface area contributed by atoms with Gasteiger partial charge in [-0.3, -0.25) is 4.79 Å². The number of rotatable bonds is 3. The largest absolute Gasteiger partial charge is 0.303 e. The fraction of sp³-hybridized carbons (Fsp3) is 0.125. The third kappa shape index (κ3) is 3.50. The summed E-state index contributed by atoms with van der Waals surface area (Å²) in [5.74, 6) is -0.154. The number of nitrogens with one attached hydrogen (secondary N) is 1. The highest BCUT2D eigenvalue weighted by molar-refractivity contribution is 9.14. The zero-order valence-electron chi connectivity index (χ0n) is 11.7. The molecule has 1 amide bonds. The molecular weight excluding hydrogens is 464 g/mol. The van der Waals surface area contributed by atoms with Gasteiger partial charge in [0.1, 0.15) is 0 Å². The molecule has 118 valence electrons. The van der Waals surface area contributed by atoms with Gasteiger partial charge >= 0.3 is 0 Å². The molecule has 0 spiro atoms. The molecule has 1 heterocycles. The SMILES string of the molecule is O=C1NC(=Nc2ccccc2Cl)S[C@@]1(Br)[C@@H](Br)c1ccccc1. The van der Waals surface area contributed by atoms with Gasteiger partial charge in [-0.1, -0.05) is 97.7 Å². The average Bonchev–Trinajstić information content (AvgIpc) is 2.85. The topological polar surface area (TPSA) is 41.5 Å². The summed E-state index contributed by atoms with van der Waals surface area (Å²) in [4.78, 5) is 16.7. The van der Waals surface area contributed by atoms with E-state index in [-0.39, 0.29) is 10.7 Å². The van der Waals surface area contributed by atoms with Gasteiger partial charge in [-0.25, -0.2) is 4.99 Å². The fourth-order valence-corrected chi connectivity index (χ4v) is 4.85. The number of alkyl halides is 2. The van der Waals surface area contributed by atoms with Crippen molar-refractivity contribution in [2.75, 3.05) is 0 Å². The van der Waals surface area contributed by atoms with Gasteiger partial charge in [-0.15, -0.1) is 0 Å². The van der Waals surface area contributed by atoms with Crippen molar-refractivity contribution in [2.24, 2.45) is 4.99 Å². The van der Waals surface area contributed by atoms with Gasteiger partial charge in [-0.05, 0) is 17.7 Å². The van der Waals surface area contributed by atoms with E-state index in [0.717, 1.165) is 5.56 Å². The van der Waals surface area contributed by atoms with Crippen molar-refractivity contribution < 1.29 is 4.79 Å². The highest BCUT2D eigenvalue weighted by Gasteiger charge is 2.50. The van der Waals surface area contributed by atoms with Crippen molar-refractivity contribution in [1.29, 1.82) is 0 Å². The number of hydrogen-bond donors (Lipinski definition) is 1. The van der Waals surface area contributed by atoms with Crippen LogP contribution >= 0.6 is 55.2 Å². The number of aliphatic imine (C=N–C) groups is 1. The second-order valence-electron chi connectivity index (χ2n) is 4.84. The number of amidine groups is 1. The zero-order chi connectivity index (χ0) is 16.4. The molecule has 0 bridgehead atoms. The molecule has 1 saturated heterocycles. The van der Waals surface area contributed by atoms with E-state index in [9.17, 15) is 4.79 Å². The first-order chi connectivity index (χ1) is 11.0. The van der Waals surface area contributed by atoms with Crippen LogP contribution in [-0.4, -0.2) is 14.7 Å². The Bertz CT molecular complexity index is 772. The molecule has 1 aliphatic rings. The van der Waals surface area contributed by atoms with E-state index < -0.39 is 3.66 Å². The standard InChI is InChI=1S/C16H11Br2ClN2OS/c17-13(10-6-2-1-3-7-10)16(18)14(22)21-15(23-16)20-12-9-5-4-8-11(12)19/h1-9,13H,(H,20,21,22)/t13-,16-/m0/s1. The molecule has 23 heavy (non-hydrogen) atoms. The third-order valence-electron chi connectivity index (χ3n) is 3.27. The van der Waals surface area contributed by atoms with E-state index in [2.05, 4.69) is 42.2 Å². The first-order valence-electron chi connectivity index (χ1n) is 6.72. The molecule has 0 radical (unpaired) electrons. The summed E-state index contributed by atoms with van der Waals surface area (Å²) >= 11 is 14.6. The molecule has 0 aromatic heterocycles. The zero-order valence-corrected chi connectivity index (χ0v) is 16.4. The summed E-state index contributed by atoms with van der Waals surface area (Å²) < 4.78 is -0.867. The number of hydrogen-bond acceptors (Lipinski definition) is 3. The number of thioether (sulfide) groups is 1. The third-order valence-corrected chi connectivity index (χ3v) is 8.13. The van der Waals surface area contributed by atoms with Gasteiger partial charge in [0.2, 0.25) is 0 Å². The Balaban J connectivity index is 1.89. The quantitative estimate of drug-likeness (QED) is 0.604. The summed E-state index contributed by atoms with van der Waals surface area (Å²) in [5.41, 5.74) is 1.63. The van der Waals surface area contributed by atoms with Crippen molar-refractivity contribution in [3.63, 3.8) is 0 Å². The normalized spacial score (nSPS) is 23.8. The van der Waals surface area contributed by atoms with Crippen molar-refractivity contribution in [1.82, 2.24) is 5.32 Å². The first-order valence-corrected chi connectivity index (χ1v) is 9.62. The molecule has 2 aromatic rings. The number of amides is 1. The summed E-state index contributed by atoms with van der Waals surface area (Å²) in [6.45, 7) is 0. The molecule has 1 N–H and O–H groups in total. The smallest absolute Gasteiger partial charge is 0.255 e. The fourth-order valence-electron chi connectivity index (χ4n) is 2.10. The Kier molecular flexibility index (Phi) is 5.16. The lowest BCUT2D eigenvalue weighted by Crippen LogP contribution is -2.34. The molecule has 3 rings (SSSR count). The van der Waals surface area contributed by atoms with Crippen LogP contribution in [0.5, 0.6) is 0 Å². The van der Waals surface area contributed by atoms with E-state index in [1.54, 1.807) is 12.1 Å². The van der Waals surface area contributed by atoms with E-state index in [0.29, 0.717) is 15.9 Å². The number of carbonyl (C=O) groups excluding carboxylic acids is 1. The lowest BCUT2D eigenvalue weighted by Gasteiger charge is -2.23. The van der Waals surface area contributed by atoms with Gasteiger partial charge in [0.05, 0.1) is 15.5 Å². The van der Waals surface area contributed by atoms with Crippen LogP contribution < -0.4 is 5.32 Å². The predicted octanol–water partition coefficient (Wildman–Crippen LogP) is 5.42. The summed E-state index contributed by atoms with van der Waals surface area (Å²) in [6, 6.07) is 17.0. The van der Waals surface area contributed by atoms with Crippen LogP contribution in [0.25, 0.3) is 0 Å². The van der Waals surface area contributed by atoms with Crippen LogP contribution in [0.4, 0.5) is 5.69 Å². The van der Waals surface area contributed by atoms with E-state index >= 15 is 0 Å². The minimum atomic E-state index is -0.867. The maximum atomic E-state index is 12.5. The van der Waals surface area contributed by atoms with Gasteiger partial charge in [0.15, 0.2) is 8.82 Å². The van der Waals surface area contributed by atoms with Crippen LogP contribution in [0.3, 0.4) is 0 Å². The highest BCUT2D eigenvalue weighted by atomic mass is 79.9. The lowest BCUT2D eigenvalue weighted by molar-refractivity contribution is -0.119. The van der Waals surface area contributed by atoms with Gasteiger partial charge in [0, 0.05) is 0 Å². The highest BCUT2D eigenvalue weighted by Crippen LogP contribution is 2.51. The Morgan fingerprint density at radius 1 is 1.13 bits per heavy atom. The van der Waals surface area contributed by atoms with Crippen molar-refractivity contribution in [3.8, 4) is 0 Å². The van der Waals surface area contributed by atoms with E-state index in [1.807, 2.05) is 42.5 Å². The first kappa shape index (κ1) is 17.0. The molecule has 2 atom stereocenters. The number of halogens is 3. The Labute approximate surface area is 160 Å². The summed E-state index contributed by atoms with van der Waals surface area (Å²) in [6.07, 6.45) is 0. The summed E-state index contributed by atoms with van der Waals surface area (Å²) in [7, 11) is 0. The Hall–Kier alpha value is -0.820.